The van der Waals surface area contributed by atoms with E-state index in [1.807, 2.05) is 32.0 Å². The lowest BCUT2D eigenvalue weighted by Crippen LogP contribution is -2.31. The number of halogens is 3. The van der Waals surface area contributed by atoms with Crippen LogP contribution in [0.1, 0.15) is 24.3 Å². The summed E-state index contributed by atoms with van der Waals surface area (Å²) in [4.78, 5) is 14.9. The molecule has 0 fully saturated rings. The van der Waals surface area contributed by atoms with Crippen LogP contribution < -0.4 is 0 Å². The molecule has 1 amide bonds. The van der Waals surface area contributed by atoms with E-state index in [2.05, 4.69) is 0 Å². The molecule has 0 saturated carbocycles. The lowest BCUT2D eigenvalue weighted by Gasteiger charge is -2.20. The molecule has 138 valence electrons. The fraction of sp³-hybridized carbons (Fsp3) is 0.200. The molecule has 0 saturated heterocycles. The van der Waals surface area contributed by atoms with Gasteiger partial charge in [-0.3, -0.25) is 4.79 Å². The fourth-order valence-corrected chi connectivity index (χ4v) is 3.91. The van der Waals surface area contributed by atoms with E-state index in [1.165, 1.54) is 0 Å². The predicted octanol–water partition coefficient (Wildman–Crippen LogP) is 6.00. The number of fused-ring (bicyclic) bond motifs is 1. The Balaban J connectivity index is 1.96. The van der Waals surface area contributed by atoms with Crippen molar-refractivity contribution in [3.8, 4) is 22.4 Å². The number of rotatable bonds is 3. The second kappa shape index (κ2) is 6.86. The highest BCUT2D eigenvalue weighted by molar-refractivity contribution is 6.36. The zero-order valence-corrected chi connectivity index (χ0v) is 17.0. The van der Waals surface area contributed by atoms with Crippen LogP contribution in [0.5, 0.6) is 0 Å². The van der Waals surface area contributed by atoms with E-state index < -0.39 is 0 Å². The molecule has 1 aliphatic rings. The topological polar surface area (TPSA) is 38.1 Å². The molecule has 0 unspecified atom stereocenters. The summed E-state index contributed by atoms with van der Waals surface area (Å²) < 4.78 is 1.74. The molecular weight excluding hydrogens is 405 g/mol. The largest absolute Gasteiger partial charge is 0.315 e. The van der Waals surface area contributed by atoms with Crippen LogP contribution in [0.15, 0.2) is 42.5 Å². The Labute approximate surface area is 172 Å². The van der Waals surface area contributed by atoms with Gasteiger partial charge in [0, 0.05) is 27.2 Å². The van der Waals surface area contributed by atoms with Crippen LogP contribution in [-0.2, 0) is 6.67 Å². The summed E-state index contributed by atoms with van der Waals surface area (Å²) in [6, 6.07) is 12.7. The van der Waals surface area contributed by atoms with Gasteiger partial charge in [-0.1, -0.05) is 46.9 Å². The van der Waals surface area contributed by atoms with Crippen molar-refractivity contribution in [1.82, 2.24) is 14.7 Å². The molecule has 27 heavy (non-hydrogen) atoms. The Kier molecular flexibility index (Phi) is 4.66. The van der Waals surface area contributed by atoms with Gasteiger partial charge >= 0.3 is 0 Å². The maximum absolute atomic E-state index is 13.1. The number of amides is 1. The van der Waals surface area contributed by atoms with E-state index in [1.54, 1.807) is 33.8 Å². The van der Waals surface area contributed by atoms with E-state index in [4.69, 9.17) is 39.9 Å². The third-order valence-electron chi connectivity index (χ3n) is 4.64. The van der Waals surface area contributed by atoms with Crippen molar-refractivity contribution < 1.29 is 4.79 Å². The van der Waals surface area contributed by atoms with Crippen molar-refractivity contribution in [3.63, 3.8) is 0 Å². The third-order valence-corrected chi connectivity index (χ3v) is 5.44. The first-order chi connectivity index (χ1) is 12.9. The molecule has 1 aromatic heterocycles. The van der Waals surface area contributed by atoms with Crippen molar-refractivity contribution in [2.45, 2.75) is 26.6 Å². The quantitative estimate of drug-likeness (QED) is 0.521. The molecule has 0 aliphatic carbocycles. The maximum Gasteiger partial charge on any atom is 0.274 e. The van der Waals surface area contributed by atoms with Crippen molar-refractivity contribution in [2.75, 3.05) is 0 Å². The molecule has 7 heteroatoms. The predicted molar refractivity (Wildman–Crippen MR) is 109 cm³/mol. The third kappa shape index (κ3) is 3.12. The van der Waals surface area contributed by atoms with Gasteiger partial charge in [0.2, 0.25) is 0 Å². The molecule has 0 N–H and O–H groups in total. The molecule has 3 aromatic rings. The first-order valence-electron chi connectivity index (χ1n) is 8.50. The molecule has 0 spiro atoms. The van der Waals surface area contributed by atoms with Gasteiger partial charge in [0.05, 0.1) is 5.02 Å². The first kappa shape index (κ1) is 18.4. The van der Waals surface area contributed by atoms with Crippen LogP contribution in [-0.4, -0.2) is 26.6 Å². The minimum absolute atomic E-state index is 0.0428. The number of nitrogens with zero attached hydrogens (tertiary/aromatic N) is 3. The zero-order chi connectivity index (χ0) is 19.3. The average molecular weight is 421 g/mol. The smallest absolute Gasteiger partial charge is 0.274 e. The van der Waals surface area contributed by atoms with Crippen LogP contribution >= 0.6 is 34.8 Å². The van der Waals surface area contributed by atoms with E-state index >= 15 is 0 Å². The number of aromatic nitrogens is 2. The summed E-state index contributed by atoms with van der Waals surface area (Å²) >= 11 is 18.5. The SMILES string of the molecule is CC(C)N1Cn2nc(-c3ccc(Cl)cc3Cl)c(-c3ccc(Cl)cc3)c2C1=O. The van der Waals surface area contributed by atoms with Crippen molar-refractivity contribution in [3.05, 3.63) is 63.2 Å². The molecule has 0 atom stereocenters. The van der Waals surface area contributed by atoms with Gasteiger partial charge in [0.25, 0.3) is 5.91 Å². The van der Waals surface area contributed by atoms with Crippen LogP contribution in [0.4, 0.5) is 0 Å². The lowest BCUT2D eigenvalue weighted by atomic mass is 9.98. The first-order valence-corrected chi connectivity index (χ1v) is 9.63. The molecular formula is C20H16Cl3N3O. The molecule has 1 aliphatic heterocycles. The molecule has 0 radical (unpaired) electrons. The Morgan fingerprint density at radius 3 is 2.30 bits per heavy atom. The summed E-state index contributed by atoms with van der Waals surface area (Å²) in [5.41, 5.74) is 3.57. The molecule has 4 rings (SSSR count). The number of carbonyl (C=O) groups excluding carboxylic acids is 1. The van der Waals surface area contributed by atoms with Crippen LogP contribution in [0, 0.1) is 0 Å². The van der Waals surface area contributed by atoms with Crippen molar-refractivity contribution >= 4 is 40.7 Å². The standard InChI is InChI=1S/C20H16Cl3N3O/c1-11(2)25-10-26-19(20(25)27)17(12-3-5-13(21)6-4-12)18(24-26)15-8-7-14(22)9-16(15)23/h3-9,11H,10H2,1-2H3. The normalized spacial score (nSPS) is 13.6. The van der Waals surface area contributed by atoms with Crippen molar-refractivity contribution in [1.29, 1.82) is 0 Å². The van der Waals surface area contributed by atoms with Crippen LogP contribution in [0.2, 0.25) is 15.1 Å². The van der Waals surface area contributed by atoms with Gasteiger partial charge in [-0.2, -0.15) is 5.10 Å². The Morgan fingerprint density at radius 2 is 1.67 bits per heavy atom. The van der Waals surface area contributed by atoms with Gasteiger partial charge in [-0.25, -0.2) is 4.68 Å². The summed E-state index contributed by atoms with van der Waals surface area (Å²) in [5.74, 6) is -0.0428. The highest BCUT2D eigenvalue weighted by atomic mass is 35.5. The van der Waals surface area contributed by atoms with Gasteiger partial charge in [0.1, 0.15) is 18.1 Å². The van der Waals surface area contributed by atoms with Gasteiger partial charge < -0.3 is 4.90 Å². The minimum atomic E-state index is -0.0428. The second-order valence-electron chi connectivity index (χ2n) is 6.71. The van der Waals surface area contributed by atoms with Gasteiger partial charge in [-0.15, -0.1) is 0 Å². The Hall–Kier alpha value is -2.01. The zero-order valence-electron chi connectivity index (χ0n) is 14.7. The number of carbonyl (C=O) groups is 1. The summed E-state index contributed by atoms with van der Waals surface area (Å²) in [6.45, 7) is 4.39. The highest BCUT2D eigenvalue weighted by Crippen LogP contribution is 2.41. The maximum atomic E-state index is 13.1. The summed E-state index contributed by atoms with van der Waals surface area (Å²) in [6.07, 6.45) is 0. The van der Waals surface area contributed by atoms with E-state index in [-0.39, 0.29) is 11.9 Å². The number of hydrogen-bond donors (Lipinski definition) is 0. The van der Waals surface area contributed by atoms with Gasteiger partial charge in [0.15, 0.2) is 0 Å². The molecule has 0 bridgehead atoms. The minimum Gasteiger partial charge on any atom is -0.315 e. The average Bonchev–Trinajstić information content (AvgIpc) is 3.13. The summed E-state index contributed by atoms with van der Waals surface area (Å²) in [5, 5.41) is 6.39. The number of benzene rings is 2. The fourth-order valence-electron chi connectivity index (χ4n) is 3.28. The van der Waals surface area contributed by atoms with Crippen LogP contribution in [0.25, 0.3) is 22.4 Å². The van der Waals surface area contributed by atoms with E-state index in [0.717, 1.165) is 16.7 Å². The summed E-state index contributed by atoms with van der Waals surface area (Å²) in [7, 11) is 0. The monoisotopic (exact) mass is 419 g/mol. The molecule has 4 nitrogen and oxygen atoms in total. The Bertz CT molecular complexity index is 1040. The van der Waals surface area contributed by atoms with Crippen LogP contribution in [0.3, 0.4) is 0 Å². The molecule has 2 aromatic carbocycles. The van der Waals surface area contributed by atoms with E-state index in [0.29, 0.717) is 33.1 Å². The second-order valence-corrected chi connectivity index (χ2v) is 7.99. The number of hydrogen-bond acceptors (Lipinski definition) is 2. The van der Waals surface area contributed by atoms with Gasteiger partial charge in [-0.05, 0) is 49.7 Å². The highest BCUT2D eigenvalue weighted by Gasteiger charge is 2.36. The lowest BCUT2D eigenvalue weighted by molar-refractivity contribution is 0.0714. The van der Waals surface area contributed by atoms with E-state index in [9.17, 15) is 4.79 Å². The molecule has 2 heterocycles. The Morgan fingerprint density at radius 1 is 1.00 bits per heavy atom. The van der Waals surface area contributed by atoms with Crippen molar-refractivity contribution in [2.24, 2.45) is 0 Å².